The summed E-state index contributed by atoms with van der Waals surface area (Å²) in [6.07, 6.45) is 0.614. The highest BCUT2D eigenvalue weighted by Gasteiger charge is 2.26. The van der Waals surface area contributed by atoms with Crippen LogP contribution in [0.5, 0.6) is 17.2 Å². The molecule has 1 fully saturated rings. The Morgan fingerprint density at radius 2 is 1.83 bits per heavy atom. The molecule has 0 bridgehead atoms. The molecule has 0 aromatic heterocycles. The fourth-order valence-corrected chi connectivity index (χ4v) is 3.45. The summed E-state index contributed by atoms with van der Waals surface area (Å²) in [7, 11) is 1.59. The summed E-state index contributed by atoms with van der Waals surface area (Å²) in [6.45, 7) is 2.77. The van der Waals surface area contributed by atoms with Crippen LogP contribution in [0.1, 0.15) is 42.9 Å². The zero-order chi connectivity index (χ0) is 21.0. The number of phenols is 2. The smallest absolute Gasteiger partial charge is 0.426 e. The van der Waals surface area contributed by atoms with Gasteiger partial charge in [0, 0.05) is 24.7 Å². The van der Waals surface area contributed by atoms with Gasteiger partial charge in [0.05, 0.1) is 13.2 Å². The Hall–Kier alpha value is -3.00. The molecule has 3 rings (SSSR count). The second-order valence-corrected chi connectivity index (χ2v) is 7.08. The molecular weight excluding hydrogens is 379 g/mol. The summed E-state index contributed by atoms with van der Waals surface area (Å²) in [5.41, 5.74) is 1.38. The number of ether oxygens (including phenoxy) is 1. The van der Waals surface area contributed by atoms with Crippen molar-refractivity contribution in [3.63, 3.8) is 0 Å². The van der Waals surface area contributed by atoms with E-state index in [1.165, 1.54) is 0 Å². The molecule has 29 heavy (non-hydrogen) atoms. The average Bonchev–Trinajstić information content (AvgIpc) is 2.71. The Morgan fingerprint density at radius 1 is 1.17 bits per heavy atom. The van der Waals surface area contributed by atoms with Gasteiger partial charge in [-0.25, -0.2) is 9.18 Å². The van der Waals surface area contributed by atoms with Crippen LogP contribution in [0.3, 0.4) is 0 Å². The highest BCUT2D eigenvalue weighted by molar-refractivity contribution is 5.67. The van der Waals surface area contributed by atoms with E-state index in [2.05, 4.69) is 5.32 Å². The molecule has 2 aromatic carbocycles. The molecule has 0 aliphatic carbocycles. The Kier molecular flexibility index (Phi) is 6.43. The van der Waals surface area contributed by atoms with Crippen LogP contribution in [-0.2, 0) is 4.84 Å². The molecule has 1 aliphatic heterocycles. The predicted molar refractivity (Wildman–Crippen MR) is 104 cm³/mol. The molecule has 156 valence electrons. The summed E-state index contributed by atoms with van der Waals surface area (Å²) in [5, 5.41) is 23.6. The highest BCUT2D eigenvalue weighted by atomic mass is 19.1. The molecule has 1 heterocycles. The minimum Gasteiger partial charge on any atom is -0.508 e. The van der Waals surface area contributed by atoms with E-state index in [4.69, 9.17) is 9.57 Å². The van der Waals surface area contributed by atoms with Crippen molar-refractivity contribution in [3.8, 4) is 17.2 Å². The number of amides is 1. The summed E-state index contributed by atoms with van der Waals surface area (Å²) in [6, 6.07) is 9.34. The normalized spacial score (nSPS) is 16.2. The van der Waals surface area contributed by atoms with Crippen LogP contribution in [0.15, 0.2) is 36.4 Å². The third-order valence-electron chi connectivity index (χ3n) is 5.15. The van der Waals surface area contributed by atoms with Crippen molar-refractivity contribution in [3.05, 3.63) is 53.3 Å². The third kappa shape index (κ3) is 5.08. The van der Waals surface area contributed by atoms with Gasteiger partial charge in [0.2, 0.25) is 0 Å². The number of halogens is 1. The number of benzene rings is 2. The number of carbonyl (C=O) groups is 1. The molecule has 0 unspecified atom stereocenters. The first-order chi connectivity index (χ1) is 13.9. The number of hydrogen-bond acceptors (Lipinski definition) is 6. The summed E-state index contributed by atoms with van der Waals surface area (Å²) < 4.78 is 18.7. The third-order valence-corrected chi connectivity index (χ3v) is 5.15. The summed E-state index contributed by atoms with van der Waals surface area (Å²) >= 11 is 0. The molecule has 3 N–H and O–H groups in total. The Balaban J connectivity index is 1.50. The first-order valence-electron chi connectivity index (χ1n) is 9.46. The monoisotopic (exact) mass is 404 g/mol. The van der Waals surface area contributed by atoms with Gasteiger partial charge in [0.15, 0.2) is 11.6 Å². The van der Waals surface area contributed by atoms with Crippen molar-refractivity contribution in [1.82, 2.24) is 10.4 Å². The minimum atomic E-state index is -0.761. The molecule has 8 heteroatoms. The second-order valence-electron chi connectivity index (χ2n) is 7.08. The fraction of sp³-hybridized carbons (Fsp3) is 0.381. The quantitative estimate of drug-likeness (QED) is 0.702. The molecular formula is C21H25FN2O5. The van der Waals surface area contributed by atoms with Crippen LogP contribution in [0.2, 0.25) is 0 Å². The number of nitrogens with one attached hydrogen (secondary N) is 1. The van der Waals surface area contributed by atoms with E-state index in [-0.39, 0.29) is 17.7 Å². The fourth-order valence-electron chi connectivity index (χ4n) is 3.45. The van der Waals surface area contributed by atoms with Gasteiger partial charge < -0.3 is 25.1 Å². The van der Waals surface area contributed by atoms with E-state index in [9.17, 15) is 19.4 Å². The van der Waals surface area contributed by atoms with Gasteiger partial charge >= 0.3 is 6.09 Å². The number of aromatic hydroxyl groups is 2. The lowest BCUT2D eigenvalue weighted by Gasteiger charge is -2.31. The molecule has 2 aromatic rings. The molecule has 1 saturated heterocycles. The maximum Gasteiger partial charge on any atom is 0.426 e. The summed E-state index contributed by atoms with van der Waals surface area (Å²) in [5.74, 6) is -0.801. The summed E-state index contributed by atoms with van der Waals surface area (Å²) in [4.78, 5) is 17.6. The van der Waals surface area contributed by atoms with Gasteiger partial charge in [-0.3, -0.25) is 0 Å². The maximum atomic E-state index is 13.6. The first kappa shape index (κ1) is 20.7. The van der Waals surface area contributed by atoms with E-state index in [1.54, 1.807) is 12.2 Å². The van der Waals surface area contributed by atoms with E-state index in [0.29, 0.717) is 31.5 Å². The molecule has 0 radical (unpaired) electrons. The predicted octanol–water partition coefficient (Wildman–Crippen LogP) is 3.83. The van der Waals surface area contributed by atoms with Crippen molar-refractivity contribution < 1.29 is 29.0 Å². The number of phenolic OH excluding ortho intramolecular Hbond substituents is 2. The van der Waals surface area contributed by atoms with Crippen molar-refractivity contribution in [2.45, 2.75) is 31.7 Å². The molecule has 1 amide bonds. The van der Waals surface area contributed by atoms with Crippen molar-refractivity contribution >= 4 is 6.09 Å². The van der Waals surface area contributed by atoms with Gasteiger partial charge in [0.25, 0.3) is 0 Å². The van der Waals surface area contributed by atoms with E-state index in [0.717, 1.165) is 23.4 Å². The largest absolute Gasteiger partial charge is 0.508 e. The van der Waals surface area contributed by atoms with Crippen molar-refractivity contribution in [2.75, 3.05) is 20.2 Å². The van der Waals surface area contributed by atoms with E-state index in [1.807, 2.05) is 31.2 Å². The zero-order valence-corrected chi connectivity index (χ0v) is 16.4. The van der Waals surface area contributed by atoms with Crippen LogP contribution in [0, 0.1) is 5.82 Å². The lowest BCUT2D eigenvalue weighted by atomic mass is 9.89. The number of hydrogen-bond donors (Lipinski definition) is 3. The molecule has 0 spiro atoms. The number of rotatable bonds is 5. The Labute approximate surface area is 168 Å². The lowest BCUT2D eigenvalue weighted by molar-refractivity contribution is -0.114. The number of nitrogens with zero attached hydrogens (tertiary/aromatic N) is 1. The molecule has 0 saturated carbocycles. The van der Waals surface area contributed by atoms with E-state index < -0.39 is 17.7 Å². The molecule has 1 atom stereocenters. The van der Waals surface area contributed by atoms with Crippen LogP contribution >= 0.6 is 0 Å². The zero-order valence-electron chi connectivity index (χ0n) is 16.4. The topological polar surface area (TPSA) is 91.3 Å². The maximum absolute atomic E-state index is 13.6. The van der Waals surface area contributed by atoms with Crippen LogP contribution in [-0.4, -0.2) is 41.6 Å². The van der Waals surface area contributed by atoms with Crippen LogP contribution in [0.25, 0.3) is 0 Å². The van der Waals surface area contributed by atoms with Gasteiger partial charge in [-0.2, -0.15) is 0 Å². The standard InChI is InChI=1S/C21H25FN2O5/c1-13(14-3-5-16(28-2)6-4-14)23-21(27)29-24-9-7-15(8-10-24)17-11-18(22)20(26)12-19(17)25/h3-6,11-13,15,25-26H,7-10H2,1-2H3,(H,23,27)/t13-/m0/s1. The van der Waals surface area contributed by atoms with Gasteiger partial charge in [-0.1, -0.05) is 12.1 Å². The number of piperidine rings is 1. The average molecular weight is 404 g/mol. The molecule has 7 nitrogen and oxygen atoms in total. The number of carbonyl (C=O) groups excluding carboxylic acids is 1. The van der Waals surface area contributed by atoms with Crippen LogP contribution in [0.4, 0.5) is 9.18 Å². The van der Waals surface area contributed by atoms with Gasteiger partial charge in [-0.05, 0) is 49.4 Å². The Morgan fingerprint density at radius 3 is 2.45 bits per heavy atom. The van der Waals surface area contributed by atoms with Gasteiger partial charge in [0.1, 0.15) is 11.5 Å². The highest BCUT2D eigenvalue weighted by Crippen LogP contribution is 2.36. The number of methoxy groups -OCH3 is 1. The first-order valence-corrected chi connectivity index (χ1v) is 9.46. The lowest BCUT2D eigenvalue weighted by Crippen LogP contribution is -2.39. The van der Waals surface area contributed by atoms with Crippen molar-refractivity contribution in [2.24, 2.45) is 0 Å². The SMILES string of the molecule is COc1ccc([C@H](C)NC(=O)ON2CCC(c3cc(F)c(O)cc3O)CC2)cc1. The number of hydroxylamine groups is 2. The molecule has 1 aliphatic rings. The van der Waals surface area contributed by atoms with Crippen molar-refractivity contribution in [1.29, 1.82) is 0 Å². The van der Waals surface area contributed by atoms with Crippen LogP contribution < -0.4 is 10.1 Å². The van der Waals surface area contributed by atoms with E-state index >= 15 is 0 Å². The second kappa shape index (κ2) is 9.00. The van der Waals surface area contributed by atoms with Gasteiger partial charge in [-0.15, -0.1) is 5.06 Å². The Bertz CT molecular complexity index is 851. The minimum absolute atomic E-state index is 0.0776.